The second kappa shape index (κ2) is 3.53. The molecular formula is C13H13F2NO. The van der Waals surface area contributed by atoms with Crippen LogP contribution in [0.15, 0.2) is 18.2 Å². The average molecular weight is 237 g/mol. The fourth-order valence-electron chi connectivity index (χ4n) is 2.97. The Morgan fingerprint density at radius 1 is 1.29 bits per heavy atom. The summed E-state index contributed by atoms with van der Waals surface area (Å²) in [6.45, 7) is 0.954. The molecule has 0 radical (unpaired) electrons. The number of hydrogen-bond acceptors (Lipinski definition) is 2. The highest BCUT2D eigenvalue weighted by molar-refractivity contribution is 5.74. The maximum absolute atomic E-state index is 13.8. The highest BCUT2D eigenvalue weighted by Crippen LogP contribution is 2.42. The summed E-state index contributed by atoms with van der Waals surface area (Å²) < 4.78 is 27.5. The van der Waals surface area contributed by atoms with Crippen LogP contribution in [-0.2, 0) is 0 Å². The molecule has 3 rings (SSSR count). The minimum atomic E-state index is -0.685. The van der Waals surface area contributed by atoms with Gasteiger partial charge < -0.3 is 5.11 Å². The van der Waals surface area contributed by atoms with Crippen molar-refractivity contribution < 1.29 is 13.9 Å². The topological polar surface area (TPSA) is 23.5 Å². The van der Waals surface area contributed by atoms with Crippen molar-refractivity contribution in [2.24, 2.45) is 5.92 Å². The monoisotopic (exact) mass is 237 g/mol. The summed E-state index contributed by atoms with van der Waals surface area (Å²) in [5.41, 5.74) is 0.737. The minimum Gasteiger partial charge on any atom is -0.508 e. The van der Waals surface area contributed by atoms with Crippen LogP contribution >= 0.6 is 0 Å². The number of phenolic OH excluding ortho intramolecular Hbond substituents is 1. The number of nitrogens with zero attached hydrogens (tertiary/aromatic N) is 1. The predicted molar refractivity (Wildman–Crippen MR) is 60.5 cm³/mol. The number of likely N-dealkylation sites (N-methyl/N-ethyl adjacent to an activating group) is 1. The van der Waals surface area contributed by atoms with Gasteiger partial charge >= 0.3 is 0 Å². The number of phenols is 1. The van der Waals surface area contributed by atoms with Crippen molar-refractivity contribution in [1.29, 1.82) is 0 Å². The lowest BCUT2D eigenvalue weighted by atomic mass is 9.99. The third-order valence-corrected chi connectivity index (χ3v) is 3.67. The molecule has 1 N–H and O–H groups in total. The summed E-state index contributed by atoms with van der Waals surface area (Å²) in [5.74, 6) is -1.35. The van der Waals surface area contributed by atoms with E-state index in [0.717, 1.165) is 30.7 Å². The molecule has 0 saturated carbocycles. The Morgan fingerprint density at radius 3 is 2.47 bits per heavy atom. The summed E-state index contributed by atoms with van der Waals surface area (Å²) in [5, 5.41) is 9.14. The highest BCUT2D eigenvalue weighted by Gasteiger charge is 2.39. The first-order chi connectivity index (χ1) is 8.06. The van der Waals surface area contributed by atoms with Crippen molar-refractivity contribution >= 4 is 5.57 Å². The summed E-state index contributed by atoms with van der Waals surface area (Å²) in [4.78, 5) is 2.12. The van der Waals surface area contributed by atoms with E-state index in [4.69, 9.17) is 5.11 Å². The van der Waals surface area contributed by atoms with E-state index in [9.17, 15) is 8.78 Å². The van der Waals surface area contributed by atoms with Crippen molar-refractivity contribution in [3.05, 3.63) is 35.4 Å². The van der Waals surface area contributed by atoms with E-state index < -0.39 is 11.6 Å². The van der Waals surface area contributed by atoms with Gasteiger partial charge in [0.1, 0.15) is 17.4 Å². The number of aromatic hydroxyl groups is 1. The van der Waals surface area contributed by atoms with Gasteiger partial charge in [-0.15, -0.1) is 0 Å². The molecule has 2 atom stereocenters. The van der Waals surface area contributed by atoms with Crippen LogP contribution in [0.4, 0.5) is 8.78 Å². The normalized spacial score (nSPS) is 27.6. The predicted octanol–water partition coefficient (Wildman–Crippen LogP) is 2.39. The Bertz CT molecular complexity index is 489. The van der Waals surface area contributed by atoms with Gasteiger partial charge in [0.25, 0.3) is 0 Å². The van der Waals surface area contributed by atoms with Crippen LogP contribution in [0.25, 0.3) is 5.57 Å². The van der Waals surface area contributed by atoms with Gasteiger partial charge in [-0.3, -0.25) is 4.90 Å². The molecule has 1 aliphatic carbocycles. The number of fused-ring (bicyclic) bond motifs is 2. The number of benzene rings is 1. The molecule has 0 amide bonds. The summed E-state index contributed by atoms with van der Waals surface area (Å²) in [6.07, 6.45) is 2.90. The van der Waals surface area contributed by atoms with Crippen LogP contribution in [0.1, 0.15) is 12.0 Å². The van der Waals surface area contributed by atoms with Crippen LogP contribution in [0.5, 0.6) is 5.75 Å². The Labute approximate surface area is 98.2 Å². The van der Waals surface area contributed by atoms with E-state index in [2.05, 4.69) is 4.90 Å². The number of halogens is 2. The lowest BCUT2D eigenvalue weighted by molar-refractivity contribution is 0.351. The average Bonchev–Trinajstić information content (AvgIpc) is 2.74. The molecular weight excluding hydrogens is 224 g/mol. The zero-order valence-electron chi connectivity index (χ0n) is 9.45. The summed E-state index contributed by atoms with van der Waals surface area (Å²) >= 11 is 0. The fourth-order valence-corrected chi connectivity index (χ4v) is 2.97. The van der Waals surface area contributed by atoms with Crippen LogP contribution in [0.2, 0.25) is 0 Å². The quantitative estimate of drug-likeness (QED) is 0.810. The first-order valence-corrected chi connectivity index (χ1v) is 5.66. The van der Waals surface area contributed by atoms with E-state index in [0.29, 0.717) is 5.92 Å². The van der Waals surface area contributed by atoms with E-state index in [1.165, 1.54) is 0 Å². The summed E-state index contributed by atoms with van der Waals surface area (Å²) in [6, 6.07) is 2.03. The van der Waals surface area contributed by atoms with Crippen molar-refractivity contribution in [3.8, 4) is 5.75 Å². The van der Waals surface area contributed by atoms with Crippen LogP contribution in [-0.4, -0.2) is 29.6 Å². The van der Waals surface area contributed by atoms with Gasteiger partial charge in [0.05, 0.1) is 5.56 Å². The van der Waals surface area contributed by atoms with Crippen molar-refractivity contribution in [2.45, 2.75) is 12.5 Å². The second-order valence-corrected chi connectivity index (χ2v) is 4.86. The van der Waals surface area contributed by atoms with Crippen molar-refractivity contribution in [1.82, 2.24) is 4.90 Å². The maximum Gasteiger partial charge on any atom is 0.137 e. The standard InChI is InChI=1S/C13H13F2NO/c1-16-6-7-2-9(12(16)3-7)13-10(14)4-8(17)5-11(13)15/h2,4-5,7,12,17H,3,6H2,1H3. The molecule has 2 nitrogen and oxygen atoms in total. The smallest absolute Gasteiger partial charge is 0.137 e. The molecule has 0 spiro atoms. The van der Waals surface area contributed by atoms with Crippen LogP contribution < -0.4 is 0 Å². The Kier molecular flexibility index (Phi) is 2.23. The highest BCUT2D eigenvalue weighted by atomic mass is 19.1. The lowest BCUT2D eigenvalue weighted by Gasteiger charge is -2.24. The molecule has 1 aromatic carbocycles. The summed E-state index contributed by atoms with van der Waals surface area (Å²) in [7, 11) is 1.97. The zero-order chi connectivity index (χ0) is 12.2. The van der Waals surface area contributed by atoms with Gasteiger partial charge in [-0.25, -0.2) is 8.78 Å². The molecule has 1 heterocycles. The molecule has 4 heteroatoms. The van der Waals surface area contributed by atoms with Crippen molar-refractivity contribution in [3.63, 3.8) is 0 Å². The van der Waals surface area contributed by atoms with Gasteiger partial charge in [0, 0.05) is 24.7 Å². The number of rotatable bonds is 1. The SMILES string of the molecule is CN1CC2C=C(c3c(F)cc(O)cc3F)C1C2. The molecule has 2 unspecified atom stereocenters. The van der Waals surface area contributed by atoms with Crippen LogP contribution in [0.3, 0.4) is 0 Å². The molecule has 2 bridgehead atoms. The van der Waals surface area contributed by atoms with E-state index in [-0.39, 0.29) is 17.4 Å². The fraction of sp³-hybridized carbons (Fsp3) is 0.385. The van der Waals surface area contributed by atoms with Gasteiger partial charge in [-0.1, -0.05) is 6.08 Å². The molecule has 1 aliphatic heterocycles. The molecule has 0 aromatic heterocycles. The Hall–Kier alpha value is -1.42. The first-order valence-electron chi connectivity index (χ1n) is 5.66. The van der Waals surface area contributed by atoms with Crippen LogP contribution in [0, 0.1) is 17.6 Å². The zero-order valence-corrected chi connectivity index (χ0v) is 9.45. The van der Waals surface area contributed by atoms with E-state index >= 15 is 0 Å². The number of hydrogen-bond donors (Lipinski definition) is 1. The third kappa shape index (κ3) is 1.55. The van der Waals surface area contributed by atoms with E-state index in [1.54, 1.807) is 0 Å². The molecule has 17 heavy (non-hydrogen) atoms. The largest absolute Gasteiger partial charge is 0.508 e. The van der Waals surface area contributed by atoms with Gasteiger partial charge in [0.15, 0.2) is 0 Å². The Morgan fingerprint density at radius 2 is 1.94 bits per heavy atom. The minimum absolute atomic E-state index is 0.0156. The van der Waals surface area contributed by atoms with E-state index in [1.807, 2.05) is 13.1 Å². The molecule has 1 fully saturated rings. The third-order valence-electron chi connectivity index (χ3n) is 3.67. The Balaban J connectivity index is 2.09. The van der Waals surface area contributed by atoms with Gasteiger partial charge in [0.2, 0.25) is 0 Å². The maximum atomic E-state index is 13.8. The molecule has 1 saturated heterocycles. The molecule has 2 aliphatic rings. The van der Waals surface area contributed by atoms with Gasteiger partial charge in [-0.05, 0) is 25.0 Å². The molecule has 1 aromatic rings. The number of likely N-dealkylation sites (tertiary alicyclic amines) is 1. The van der Waals surface area contributed by atoms with Crippen molar-refractivity contribution in [2.75, 3.05) is 13.6 Å². The lowest BCUT2D eigenvalue weighted by Crippen LogP contribution is -2.28. The first kappa shape index (κ1) is 10.7. The second-order valence-electron chi connectivity index (χ2n) is 4.86. The molecule has 90 valence electrons. The van der Waals surface area contributed by atoms with Gasteiger partial charge in [-0.2, -0.15) is 0 Å².